The minimum atomic E-state index is -0.841. The van der Waals surface area contributed by atoms with Crippen LogP contribution in [0.3, 0.4) is 0 Å². The molecule has 5 aromatic rings. The summed E-state index contributed by atoms with van der Waals surface area (Å²) in [6.45, 7) is 14.5. The Morgan fingerprint density at radius 3 is 2.17 bits per heavy atom. The van der Waals surface area contributed by atoms with Crippen molar-refractivity contribution in [2.24, 2.45) is 5.41 Å². The van der Waals surface area contributed by atoms with E-state index in [4.69, 9.17) is 48.4 Å². The average Bonchev–Trinajstić information content (AvgIpc) is 4.05. The number of aryl methyl sites for hydroxylation is 1. The standard InChI is InChI=1S/C51H59F2IN8O7/c1-29-41(54)37(39(52)46(55-29)60(24-31-8-13-34(64-6)14-9-31)25-32-10-15-35(65-7)16-11-32)42-40(53)43-38-45(58-48(57-43)67-28-51(18-19-51)27-59-20-22-66-23-21-59)61-26-33-12-17-36(44(61)30(2)68-47(38)56-42)62(33)49(63)69-50(3,4)5/h8-11,13-16,30,33,36,44H,12,17-28H2,1-7H3/t30-,33+,36-,44+/m0/s1. The molecule has 0 spiro atoms. The minimum absolute atomic E-state index is 0.00917. The molecule has 366 valence electrons. The molecular formula is C51H59F2IN8O7. The number of hydrogen-bond donors (Lipinski definition) is 0. The summed E-state index contributed by atoms with van der Waals surface area (Å²) in [5, 5.41) is 0.263. The summed E-state index contributed by atoms with van der Waals surface area (Å²) in [6, 6.07) is 14.2. The van der Waals surface area contributed by atoms with Gasteiger partial charge in [0.2, 0.25) is 5.88 Å². The average molecular weight is 1060 g/mol. The van der Waals surface area contributed by atoms with Crippen LogP contribution in [0.2, 0.25) is 0 Å². The molecule has 15 nitrogen and oxygen atoms in total. The molecule has 3 saturated heterocycles. The zero-order chi connectivity index (χ0) is 48.4. The number of carbonyl (C=O) groups excluding carboxylic acids is 1. The zero-order valence-corrected chi connectivity index (χ0v) is 42.3. The molecule has 0 unspecified atom stereocenters. The molecule has 2 aromatic carbocycles. The van der Waals surface area contributed by atoms with Gasteiger partial charge >= 0.3 is 12.1 Å². The molecule has 10 rings (SSSR count). The fourth-order valence-electron chi connectivity index (χ4n) is 10.4. The zero-order valence-electron chi connectivity index (χ0n) is 40.2. The van der Waals surface area contributed by atoms with Crippen molar-refractivity contribution < 1.29 is 42.0 Å². The Kier molecular flexibility index (Phi) is 12.9. The number of halogens is 3. The predicted octanol–water partition coefficient (Wildman–Crippen LogP) is 8.73. The molecule has 5 aliphatic rings. The van der Waals surface area contributed by atoms with Crippen molar-refractivity contribution in [1.82, 2.24) is 29.7 Å². The molecular weight excluding hydrogens is 1000 g/mol. The number of pyridine rings is 2. The number of ether oxygens (including phenoxy) is 6. The molecule has 4 aliphatic heterocycles. The minimum Gasteiger partial charge on any atom is -0.497 e. The van der Waals surface area contributed by atoms with E-state index in [0.717, 1.165) is 50.0 Å². The third-order valence-electron chi connectivity index (χ3n) is 14.0. The largest absolute Gasteiger partial charge is 0.497 e. The quantitative estimate of drug-likeness (QED) is 0.104. The Morgan fingerprint density at radius 1 is 0.913 bits per heavy atom. The lowest BCUT2D eigenvalue weighted by atomic mass is 9.98. The molecule has 1 amide bonds. The second-order valence-corrected chi connectivity index (χ2v) is 21.1. The molecule has 1 aliphatic carbocycles. The molecule has 2 bridgehead atoms. The summed E-state index contributed by atoms with van der Waals surface area (Å²) in [5.74, 6) is 0.282. The van der Waals surface area contributed by atoms with Crippen molar-refractivity contribution >= 4 is 51.2 Å². The van der Waals surface area contributed by atoms with Gasteiger partial charge in [0.15, 0.2) is 17.5 Å². The van der Waals surface area contributed by atoms with Crippen LogP contribution >= 0.6 is 22.6 Å². The van der Waals surface area contributed by atoms with Crippen LogP contribution < -0.4 is 28.7 Å². The smallest absolute Gasteiger partial charge is 0.410 e. The first-order chi connectivity index (χ1) is 33.1. The topological polar surface area (TPSA) is 137 Å². The van der Waals surface area contributed by atoms with Gasteiger partial charge in [-0.05, 0) is 118 Å². The lowest BCUT2D eigenvalue weighted by Crippen LogP contribution is -2.65. The fraction of sp³-hybridized carbons (Fsp3) is 0.510. The summed E-state index contributed by atoms with van der Waals surface area (Å²) in [5.41, 5.74) is 1.02. The van der Waals surface area contributed by atoms with Crippen LogP contribution in [0.25, 0.3) is 22.2 Å². The lowest BCUT2D eigenvalue weighted by molar-refractivity contribution is 0.000935. The Labute approximate surface area is 414 Å². The number of morpholine rings is 1. The lowest BCUT2D eigenvalue weighted by Gasteiger charge is -2.48. The van der Waals surface area contributed by atoms with E-state index in [1.54, 1.807) is 21.1 Å². The van der Waals surface area contributed by atoms with Crippen LogP contribution in [0, 0.1) is 27.5 Å². The first-order valence-electron chi connectivity index (χ1n) is 23.8. The maximum absolute atomic E-state index is 18.1. The van der Waals surface area contributed by atoms with Crippen LogP contribution in [0.1, 0.15) is 70.2 Å². The fourth-order valence-corrected chi connectivity index (χ4v) is 11.0. The second kappa shape index (κ2) is 18.8. The van der Waals surface area contributed by atoms with Crippen molar-refractivity contribution in [3.05, 3.63) is 80.6 Å². The third kappa shape index (κ3) is 9.39. The van der Waals surface area contributed by atoms with Gasteiger partial charge in [-0.15, -0.1) is 0 Å². The van der Waals surface area contributed by atoms with E-state index in [-0.39, 0.29) is 76.6 Å². The van der Waals surface area contributed by atoms with Gasteiger partial charge in [-0.1, -0.05) is 24.3 Å². The molecule has 4 fully saturated rings. The van der Waals surface area contributed by atoms with E-state index in [1.165, 1.54) is 0 Å². The summed E-state index contributed by atoms with van der Waals surface area (Å²) in [4.78, 5) is 41.7. The van der Waals surface area contributed by atoms with Crippen molar-refractivity contribution in [2.75, 3.05) is 70.0 Å². The van der Waals surface area contributed by atoms with Gasteiger partial charge in [0.05, 0.1) is 63.4 Å². The van der Waals surface area contributed by atoms with Crippen molar-refractivity contribution in [1.29, 1.82) is 0 Å². The molecule has 1 saturated carbocycles. The van der Waals surface area contributed by atoms with Crippen molar-refractivity contribution in [2.45, 2.75) is 103 Å². The maximum Gasteiger partial charge on any atom is 0.410 e. The van der Waals surface area contributed by atoms with Crippen LogP contribution in [0.15, 0.2) is 48.5 Å². The summed E-state index contributed by atoms with van der Waals surface area (Å²) < 4.78 is 72.1. The second-order valence-electron chi connectivity index (χ2n) is 20.0. The summed E-state index contributed by atoms with van der Waals surface area (Å²) in [6.07, 6.45) is 2.45. The highest BCUT2D eigenvalue weighted by atomic mass is 127. The van der Waals surface area contributed by atoms with Crippen molar-refractivity contribution in [3.8, 4) is 34.6 Å². The van der Waals surface area contributed by atoms with E-state index >= 15 is 8.78 Å². The van der Waals surface area contributed by atoms with Gasteiger partial charge in [0, 0.05) is 48.3 Å². The number of carbonyl (C=O) groups is 1. The molecule has 7 heterocycles. The predicted molar refractivity (Wildman–Crippen MR) is 264 cm³/mol. The number of benzene rings is 2. The Morgan fingerprint density at radius 2 is 1.57 bits per heavy atom. The number of hydrogen-bond acceptors (Lipinski definition) is 14. The number of methoxy groups -OCH3 is 2. The third-order valence-corrected chi connectivity index (χ3v) is 15.4. The van der Waals surface area contributed by atoms with E-state index in [2.05, 4.69) is 9.80 Å². The first kappa shape index (κ1) is 47.3. The molecule has 4 atom stereocenters. The molecule has 0 radical (unpaired) electrons. The van der Waals surface area contributed by atoms with E-state index in [1.807, 2.05) is 109 Å². The number of aromatic nitrogens is 4. The van der Waals surface area contributed by atoms with E-state index < -0.39 is 29.4 Å². The highest BCUT2D eigenvalue weighted by molar-refractivity contribution is 14.1. The molecule has 18 heteroatoms. The van der Waals surface area contributed by atoms with Crippen LogP contribution in [0.5, 0.6) is 23.4 Å². The van der Waals surface area contributed by atoms with Gasteiger partial charge in [0.1, 0.15) is 45.6 Å². The molecule has 0 N–H and O–H groups in total. The number of fused-ring (bicyclic) bond motifs is 5. The molecule has 69 heavy (non-hydrogen) atoms. The number of piperazine rings is 1. The van der Waals surface area contributed by atoms with Gasteiger partial charge in [-0.25, -0.2) is 23.5 Å². The van der Waals surface area contributed by atoms with Gasteiger partial charge < -0.3 is 38.2 Å². The number of amides is 1. The van der Waals surface area contributed by atoms with Crippen molar-refractivity contribution in [3.63, 3.8) is 0 Å². The van der Waals surface area contributed by atoms with Gasteiger partial charge in [-0.3, -0.25) is 9.80 Å². The van der Waals surface area contributed by atoms with E-state index in [0.29, 0.717) is 59.4 Å². The van der Waals surface area contributed by atoms with Gasteiger partial charge in [-0.2, -0.15) is 9.97 Å². The van der Waals surface area contributed by atoms with E-state index in [9.17, 15) is 4.79 Å². The highest BCUT2D eigenvalue weighted by Gasteiger charge is 2.54. The number of anilines is 2. The Bertz CT molecular complexity index is 2690. The summed E-state index contributed by atoms with van der Waals surface area (Å²) in [7, 11) is 3.21. The van der Waals surface area contributed by atoms with Crippen LogP contribution in [-0.2, 0) is 22.6 Å². The number of nitrogens with zero attached hydrogens (tertiary/aromatic N) is 8. The summed E-state index contributed by atoms with van der Waals surface area (Å²) >= 11 is 2.03. The van der Waals surface area contributed by atoms with Gasteiger partial charge in [0.25, 0.3) is 0 Å². The highest BCUT2D eigenvalue weighted by Crippen LogP contribution is 2.49. The van der Waals surface area contributed by atoms with Crippen LogP contribution in [-0.4, -0.2) is 126 Å². The monoisotopic (exact) mass is 1060 g/mol. The normalized spacial score (nSPS) is 21.6. The maximum atomic E-state index is 18.1. The first-order valence-corrected chi connectivity index (χ1v) is 24.9. The number of rotatable bonds is 13. The Balaban J connectivity index is 1.09. The van der Waals surface area contributed by atoms with Crippen LogP contribution in [0.4, 0.5) is 25.2 Å². The SMILES string of the molecule is COc1ccc(CN(Cc2ccc(OC)cc2)c2nc(C)c(I)c(-c3nc4c5c(nc(OCC6(CN7CCOCC7)CC6)nc5c3F)N3C[C@H]5CC[C@@H]([C@H]3[C@H](C)O4)N5C(=O)OC(C)(C)C)c2F)cc1. The molecule has 3 aromatic heterocycles. The Hall–Kier alpha value is -5.34.